The van der Waals surface area contributed by atoms with E-state index in [9.17, 15) is 19.5 Å². The molecule has 0 N–H and O–H groups in total. The fraction of sp³-hybridized carbons (Fsp3) is 0.786. The number of carbonyl (C=O) groups is 3. The van der Waals surface area contributed by atoms with Gasteiger partial charge in [-0.05, 0) is 103 Å². The molecular formula is C98H175NO8. The Kier molecular flexibility index (Phi) is 84.2. The van der Waals surface area contributed by atoms with Crippen LogP contribution in [0.2, 0.25) is 0 Å². The highest BCUT2D eigenvalue weighted by Gasteiger charge is 2.22. The first-order chi connectivity index (χ1) is 52.6. The first-order valence-electron chi connectivity index (χ1n) is 46.0. The zero-order valence-corrected chi connectivity index (χ0v) is 71.3. The number of nitrogens with zero attached hydrogens (tertiary/aromatic N) is 1. The summed E-state index contributed by atoms with van der Waals surface area (Å²) >= 11 is 0. The lowest BCUT2D eigenvalue weighted by Gasteiger charge is -2.26. The summed E-state index contributed by atoms with van der Waals surface area (Å²) in [5, 5.41) is 11.9. The first kappa shape index (κ1) is 103. The number of aliphatic carboxylic acids is 1. The van der Waals surface area contributed by atoms with Crippen LogP contribution in [0.25, 0.3) is 0 Å². The predicted molar refractivity (Wildman–Crippen MR) is 463 cm³/mol. The molecule has 0 aromatic rings. The average molecular weight is 1500 g/mol. The van der Waals surface area contributed by atoms with Crippen LogP contribution in [-0.2, 0) is 33.3 Å². The van der Waals surface area contributed by atoms with E-state index in [0.717, 1.165) is 89.9 Å². The summed E-state index contributed by atoms with van der Waals surface area (Å²) in [5.74, 6) is -2.26. The van der Waals surface area contributed by atoms with Gasteiger partial charge in [0.2, 0.25) is 0 Å². The number of quaternary nitrogens is 1. The predicted octanol–water partition coefficient (Wildman–Crippen LogP) is 29.0. The fourth-order valence-corrected chi connectivity index (χ4v) is 13.6. The quantitative estimate of drug-likeness (QED) is 0.0195. The number of carboxylic acids is 1. The molecule has 0 bridgehead atoms. The fourth-order valence-electron chi connectivity index (χ4n) is 13.6. The SMILES string of the molecule is CC/C=C\C/C=C\C/C=C\C/C=C\C/C=C\C/C=C\C/C=C\C/C=C\CCCCCCCCCCCCCCCCCCC(=O)OC(COC(=O)CCCCCCCCCCCCCCCCCCCCCCCCCCCCCCC/C=C\CCCCCCCCCC)COC(OCC[N+](C)(C)C)C(=O)[O-]. The van der Waals surface area contributed by atoms with Crippen LogP contribution >= 0.6 is 0 Å². The van der Waals surface area contributed by atoms with E-state index in [4.69, 9.17) is 18.9 Å². The third-order valence-corrected chi connectivity index (χ3v) is 20.5. The maximum absolute atomic E-state index is 13.0. The highest BCUT2D eigenvalue weighted by atomic mass is 16.7. The number of esters is 2. The summed E-state index contributed by atoms with van der Waals surface area (Å²) in [4.78, 5) is 37.7. The van der Waals surface area contributed by atoms with E-state index in [1.54, 1.807) is 0 Å². The number of carboxylic acid groups (broad SMARTS) is 1. The molecule has 620 valence electrons. The van der Waals surface area contributed by atoms with Crippen molar-refractivity contribution < 1.29 is 42.9 Å². The molecule has 0 fully saturated rings. The number of allylic oxidation sites excluding steroid dienone is 18. The number of unbranched alkanes of at least 4 members (excludes halogenated alkanes) is 53. The molecule has 0 aliphatic heterocycles. The summed E-state index contributed by atoms with van der Waals surface area (Å²) in [6.07, 6.45) is 121. The van der Waals surface area contributed by atoms with Gasteiger partial charge in [0.1, 0.15) is 13.2 Å². The highest BCUT2D eigenvalue weighted by Crippen LogP contribution is 2.20. The molecule has 0 aliphatic carbocycles. The lowest BCUT2D eigenvalue weighted by molar-refractivity contribution is -0.870. The standard InChI is InChI=1S/C98H175NO8/c1-6-8-10-12-14-16-18-20-22-24-26-28-30-32-34-36-38-40-42-44-46-48-50-52-54-56-58-60-62-64-66-68-70-72-74-76-78-80-82-84-86-88-95(100)105-92-94(93-106-98(97(102)103)104-91-90-99(3,4)5)107-96(101)89-87-85-83-81-79-77-75-73-71-69-67-65-63-61-59-57-55-53-51-49-47-45-43-41-39-37-35-33-31-29-27-25-23-21-19-17-15-13-11-9-7-2/h9,11,15,17,21,23-24,26-27,29,33,35,39,41,45,47,51,53,94,98H,6-8,10,12-14,16,18-20,22,25,28,30-32,34,36-38,40,42-44,46,48-50,52,54-93H2,1-5H3/b11-9-,17-15-,23-21-,26-24-,29-27-,35-33-,41-39-,47-45-,53-51-. The van der Waals surface area contributed by atoms with Crippen LogP contribution < -0.4 is 5.11 Å². The van der Waals surface area contributed by atoms with Crippen LogP contribution in [0.1, 0.15) is 438 Å². The second-order valence-electron chi connectivity index (χ2n) is 32.2. The Labute approximate surface area is 664 Å². The van der Waals surface area contributed by atoms with E-state index >= 15 is 0 Å². The first-order valence-corrected chi connectivity index (χ1v) is 46.0. The lowest BCUT2D eigenvalue weighted by atomic mass is 10.0. The maximum Gasteiger partial charge on any atom is 0.306 e. The van der Waals surface area contributed by atoms with Crippen molar-refractivity contribution in [3.05, 3.63) is 109 Å². The molecule has 0 aliphatic rings. The molecule has 0 spiro atoms. The Morgan fingerprint density at radius 1 is 0.290 bits per heavy atom. The molecule has 0 amide bonds. The lowest BCUT2D eigenvalue weighted by Crippen LogP contribution is -2.44. The minimum Gasteiger partial charge on any atom is -0.545 e. The van der Waals surface area contributed by atoms with E-state index < -0.39 is 24.3 Å². The molecule has 9 nitrogen and oxygen atoms in total. The van der Waals surface area contributed by atoms with Gasteiger partial charge in [-0.25, -0.2) is 0 Å². The van der Waals surface area contributed by atoms with Crippen molar-refractivity contribution in [2.24, 2.45) is 0 Å². The molecule has 2 atom stereocenters. The molecule has 107 heavy (non-hydrogen) atoms. The van der Waals surface area contributed by atoms with Crippen LogP contribution in [0.5, 0.6) is 0 Å². The highest BCUT2D eigenvalue weighted by molar-refractivity contribution is 5.70. The van der Waals surface area contributed by atoms with Crippen molar-refractivity contribution in [1.29, 1.82) is 0 Å². The van der Waals surface area contributed by atoms with Crippen LogP contribution in [-0.4, -0.2) is 82.3 Å². The van der Waals surface area contributed by atoms with Crippen molar-refractivity contribution in [3.63, 3.8) is 0 Å². The second kappa shape index (κ2) is 87.5. The maximum atomic E-state index is 13.0. The van der Waals surface area contributed by atoms with E-state index in [0.29, 0.717) is 23.9 Å². The normalized spacial score (nSPS) is 13.1. The molecule has 0 radical (unpaired) electrons. The molecule has 9 heteroatoms. The summed E-state index contributed by atoms with van der Waals surface area (Å²) in [6, 6.07) is 0. The average Bonchev–Trinajstić information content (AvgIpc) is 0.965. The topological polar surface area (TPSA) is 111 Å². The monoisotopic (exact) mass is 1490 g/mol. The van der Waals surface area contributed by atoms with Gasteiger partial charge in [0.25, 0.3) is 0 Å². The second-order valence-corrected chi connectivity index (χ2v) is 32.2. The van der Waals surface area contributed by atoms with Crippen molar-refractivity contribution in [3.8, 4) is 0 Å². The van der Waals surface area contributed by atoms with Gasteiger partial charge in [0.15, 0.2) is 12.4 Å². The molecule has 0 aromatic carbocycles. The molecular weight excluding hydrogens is 1320 g/mol. The van der Waals surface area contributed by atoms with E-state index in [-0.39, 0.29) is 32.2 Å². The van der Waals surface area contributed by atoms with Crippen molar-refractivity contribution in [2.75, 3.05) is 47.5 Å². The summed E-state index contributed by atoms with van der Waals surface area (Å²) in [7, 11) is 5.95. The van der Waals surface area contributed by atoms with Gasteiger partial charge in [-0.15, -0.1) is 0 Å². The van der Waals surface area contributed by atoms with Gasteiger partial charge in [-0.3, -0.25) is 9.59 Å². The van der Waals surface area contributed by atoms with E-state index in [1.165, 1.54) is 315 Å². The minimum atomic E-state index is -1.63. The van der Waals surface area contributed by atoms with Crippen molar-refractivity contribution >= 4 is 17.9 Å². The van der Waals surface area contributed by atoms with Gasteiger partial charge in [-0.2, -0.15) is 0 Å². The van der Waals surface area contributed by atoms with E-state index in [2.05, 4.69) is 123 Å². The third-order valence-electron chi connectivity index (χ3n) is 20.5. The Bertz CT molecular complexity index is 2140. The number of ether oxygens (including phenoxy) is 4. The van der Waals surface area contributed by atoms with Gasteiger partial charge < -0.3 is 33.3 Å². The van der Waals surface area contributed by atoms with Gasteiger partial charge in [-0.1, -0.05) is 431 Å². The van der Waals surface area contributed by atoms with Crippen LogP contribution in [0.4, 0.5) is 0 Å². The van der Waals surface area contributed by atoms with Crippen molar-refractivity contribution in [1.82, 2.24) is 0 Å². The zero-order valence-electron chi connectivity index (χ0n) is 71.3. The Hall–Kier alpha value is -4.05. The van der Waals surface area contributed by atoms with Crippen LogP contribution in [0.15, 0.2) is 109 Å². The number of hydrogen-bond acceptors (Lipinski definition) is 8. The minimum absolute atomic E-state index is 0.147. The number of likely N-dealkylation sites (N-methyl/N-ethyl adjacent to an activating group) is 1. The van der Waals surface area contributed by atoms with Gasteiger partial charge in [0, 0.05) is 12.8 Å². The van der Waals surface area contributed by atoms with E-state index in [1.807, 2.05) is 21.1 Å². The van der Waals surface area contributed by atoms with Gasteiger partial charge >= 0.3 is 11.9 Å². The largest absolute Gasteiger partial charge is 0.545 e. The third kappa shape index (κ3) is 89.0. The summed E-state index contributed by atoms with van der Waals surface area (Å²) < 4.78 is 22.9. The smallest absolute Gasteiger partial charge is 0.306 e. The van der Waals surface area contributed by atoms with Crippen LogP contribution in [0, 0.1) is 0 Å². The summed E-state index contributed by atoms with van der Waals surface area (Å²) in [5.41, 5.74) is 0. The zero-order chi connectivity index (χ0) is 77.4. The molecule has 0 saturated heterocycles. The molecule has 0 heterocycles. The molecule has 0 saturated carbocycles. The Morgan fingerprint density at radius 2 is 0.533 bits per heavy atom. The number of rotatable bonds is 86. The molecule has 2 unspecified atom stereocenters. The molecule has 0 rings (SSSR count). The Morgan fingerprint density at radius 3 is 0.804 bits per heavy atom. The molecule has 0 aromatic heterocycles. The van der Waals surface area contributed by atoms with Crippen molar-refractivity contribution in [2.45, 2.75) is 450 Å². The number of carbonyl (C=O) groups excluding carboxylic acids is 3. The van der Waals surface area contributed by atoms with Crippen LogP contribution in [0.3, 0.4) is 0 Å². The number of hydrogen-bond donors (Lipinski definition) is 0. The summed E-state index contributed by atoms with van der Waals surface area (Å²) in [6.45, 7) is 4.69. The Balaban J connectivity index is 3.93. The van der Waals surface area contributed by atoms with Gasteiger partial charge in [0.05, 0.1) is 40.3 Å².